The monoisotopic (exact) mass is 348 g/mol. The molecule has 8 nitrogen and oxygen atoms in total. The van der Waals surface area contributed by atoms with E-state index in [1.54, 1.807) is 31.8 Å². The number of ether oxygens (including phenoxy) is 1. The summed E-state index contributed by atoms with van der Waals surface area (Å²) in [5.41, 5.74) is 0.632. The second-order valence-electron chi connectivity index (χ2n) is 3.96. The smallest absolute Gasteiger partial charge is 0.238 e. The first kappa shape index (κ1) is 20.3. The third-order valence-electron chi connectivity index (χ3n) is 2.45. The van der Waals surface area contributed by atoms with E-state index in [9.17, 15) is 4.79 Å². The van der Waals surface area contributed by atoms with Crippen molar-refractivity contribution in [3.8, 4) is 5.82 Å². The minimum atomic E-state index is -0.128. The summed E-state index contributed by atoms with van der Waals surface area (Å²) < 4.78 is 6.41. The van der Waals surface area contributed by atoms with Crippen LogP contribution in [0.2, 0.25) is 0 Å². The summed E-state index contributed by atoms with van der Waals surface area (Å²) >= 11 is 0. The van der Waals surface area contributed by atoms with Crippen molar-refractivity contribution in [3.05, 3.63) is 31.0 Å². The van der Waals surface area contributed by atoms with Crippen molar-refractivity contribution in [2.75, 3.05) is 32.1 Å². The fourth-order valence-electron chi connectivity index (χ4n) is 1.50. The molecule has 0 aromatic carbocycles. The molecule has 0 fully saturated rings. The molecule has 22 heavy (non-hydrogen) atoms. The fourth-order valence-corrected chi connectivity index (χ4v) is 1.50. The Kier molecular flexibility index (Phi) is 10.0. The van der Waals surface area contributed by atoms with Crippen LogP contribution in [0.5, 0.6) is 0 Å². The van der Waals surface area contributed by atoms with Gasteiger partial charge in [0.25, 0.3) is 0 Å². The van der Waals surface area contributed by atoms with Crippen LogP contribution in [0.15, 0.2) is 31.0 Å². The lowest BCUT2D eigenvalue weighted by atomic mass is 10.4. The van der Waals surface area contributed by atoms with Crippen LogP contribution in [-0.4, -0.2) is 52.5 Å². The number of anilines is 1. The van der Waals surface area contributed by atoms with E-state index >= 15 is 0 Å². The first-order valence-electron chi connectivity index (χ1n) is 6.10. The molecular weight excluding hydrogens is 331 g/mol. The molecule has 0 saturated carbocycles. The number of carbonyl (C=O) groups is 1. The summed E-state index contributed by atoms with van der Waals surface area (Å²) in [6.45, 7) is 1.43. The van der Waals surface area contributed by atoms with Crippen LogP contribution in [0, 0.1) is 0 Å². The average molecular weight is 349 g/mol. The van der Waals surface area contributed by atoms with Gasteiger partial charge in [0.2, 0.25) is 5.91 Å². The van der Waals surface area contributed by atoms with Gasteiger partial charge in [-0.15, -0.1) is 24.8 Å². The van der Waals surface area contributed by atoms with E-state index in [2.05, 4.69) is 25.7 Å². The third kappa shape index (κ3) is 6.35. The van der Waals surface area contributed by atoms with Gasteiger partial charge in [0.15, 0.2) is 5.82 Å². The Bertz CT molecular complexity index is 535. The lowest BCUT2D eigenvalue weighted by Gasteiger charge is -2.06. The van der Waals surface area contributed by atoms with Crippen LogP contribution in [0.1, 0.15) is 0 Å². The zero-order valence-corrected chi connectivity index (χ0v) is 13.6. The lowest BCUT2D eigenvalue weighted by molar-refractivity contribution is -0.115. The number of nitrogens with one attached hydrogen (secondary N) is 2. The van der Waals surface area contributed by atoms with Crippen molar-refractivity contribution in [2.45, 2.75) is 0 Å². The van der Waals surface area contributed by atoms with Crippen molar-refractivity contribution >= 4 is 36.4 Å². The van der Waals surface area contributed by atoms with Crippen LogP contribution in [0.3, 0.4) is 0 Å². The third-order valence-corrected chi connectivity index (χ3v) is 2.45. The van der Waals surface area contributed by atoms with E-state index in [0.29, 0.717) is 24.7 Å². The van der Waals surface area contributed by atoms with Gasteiger partial charge in [0.05, 0.1) is 25.0 Å². The highest BCUT2D eigenvalue weighted by Gasteiger charge is 2.03. The Labute approximate surface area is 140 Å². The standard InChI is InChI=1S/C12H16N6O2.2ClH/c1-20-5-4-13-7-12(19)17-10-2-3-11(15-6-10)18-9-14-8-16-18;;/h2-3,6,8-9,13H,4-5,7H2,1H3,(H,17,19);2*1H. The van der Waals surface area contributed by atoms with Gasteiger partial charge in [-0.3, -0.25) is 4.79 Å². The predicted octanol–water partition coefficient (Wildman–Crippen LogP) is 0.680. The second-order valence-corrected chi connectivity index (χ2v) is 3.96. The molecule has 0 aliphatic carbocycles. The number of amides is 1. The first-order chi connectivity index (χ1) is 9.79. The number of halogens is 2. The number of pyridine rings is 1. The van der Waals surface area contributed by atoms with Crippen molar-refractivity contribution in [1.82, 2.24) is 25.1 Å². The van der Waals surface area contributed by atoms with Crippen molar-refractivity contribution in [2.24, 2.45) is 0 Å². The van der Waals surface area contributed by atoms with Crippen LogP contribution in [-0.2, 0) is 9.53 Å². The van der Waals surface area contributed by atoms with Gasteiger partial charge in [0, 0.05) is 13.7 Å². The van der Waals surface area contributed by atoms with Crippen LogP contribution >= 0.6 is 24.8 Å². The Hall–Kier alpha value is -1.74. The molecule has 0 bridgehead atoms. The summed E-state index contributed by atoms with van der Waals surface area (Å²) in [5.74, 6) is 0.509. The number of methoxy groups -OCH3 is 1. The van der Waals surface area contributed by atoms with Gasteiger partial charge in [-0.05, 0) is 12.1 Å². The van der Waals surface area contributed by atoms with E-state index in [0.717, 1.165) is 0 Å². The Morgan fingerprint density at radius 1 is 1.36 bits per heavy atom. The first-order valence-corrected chi connectivity index (χ1v) is 6.10. The van der Waals surface area contributed by atoms with Gasteiger partial charge in [-0.25, -0.2) is 14.6 Å². The number of hydrogen-bond donors (Lipinski definition) is 2. The number of aromatic nitrogens is 4. The molecule has 0 radical (unpaired) electrons. The molecule has 1 amide bonds. The summed E-state index contributed by atoms with van der Waals surface area (Å²) in [4.78, 5) is 19.7. The van der Waals surface area contributed by atoms with E-state index in [4.69, 9.17) is 4.74 Å². The number of carbonyl (C=O) groups excluding carboxylic acids is 1. The van der Waals surface area contributed by atoms with E-state index < -0.39 is 0 Å². The normalized spacial score (nSPS) is 9.50. The van der Waals surface area contributed by atoms with Crippen LogP contribution in [0.25, 0.3) is 5.82 Å². The van der Waals surface area contributed by atoms with Gasteiger partial charge in [0.1, 0.15) is 12.7 Å². The molecule has 2 rings (SSSR count). The molecule has 2 heterocycles. The van der Waals surface area contributed by atoms with Crippen LogP contribution in [0.4, 0.5) is 5.69 Å². The quantitative estimate of drug-likeness (QED) is 0.714. The van der Waals surface area contributed by atoms with E-state index in [1.807, 2.05) is 0 Å². The highest BCUT2D eigenvalue weighted by molar-refractivity contribution is 5.92. The molecule has 10 heteroatoms. The van der Waals surface area contributed by atoms with E-state index in [-0.39, 0.29) is 37.3 Å². The largest absolute Gasteiger partial charge is 0.383 e. The fraction of sp³-hybridized carbons (Fsp3) is 0.333. The molecule has 2 aromatic rings. The minimum absolute atomic E-state index is 0. The van der Waals surface area contributed by atoms with Crippen molar-refractivity contribution in [3.63, 3.8) is 0 Å². The summed E-state index contributed by atoms with van der Waals surface area (Å²) in [6.07, 6.45) is 4.56. The van der Waals surface area contributed by atoms with Gasteiger partial charge in [-0.1, -0.05) is 0 Å². The lowest BCUT2D eigenvalue weighted by Crippen LogP contribution is -2.30. The Balaban J connectivity index is 0.00000220. The molecular formula is C12H18Cl2N6O2. The maximum Gasteiger partial charge on any atom is 0.238 e. The molecule has 2 aromatic heterocycles. The van der Waals surface area contributed by atoms with Gasteiger partial charge in [-0.2, -0.15) is 5.10 Å². The zero-order valence-electron chi connectivity index (χ0n) is 11.9. The second kappa shape index (κ2) is 10.9. The van der Waals surface area contributed by atoms with Crippen molar-refractivity contribution < 1.29 is 9.53 Å². The molecule has 0 saturated heterocycles. The maximum atomic E-state index is 11.6. The van der Waals surface area contributed by atoms with Gasteiger partial charge >= 0.3 is 0 Å². The SMILES string of the molecule is COCCNCC(=O)Nc1ccc(-n2cncn2)nc1.Cl.Cl. The maximum absolute atomic E-state index is 11.6. The predicted molar refractivity (Wildman–Crippen MR) is 87.0 cm³/mol. The Morgan fingerprint density at radius 2 is 2.18 bits per heavy atom. The topological polar surface area (TPSA) is 94.0 Å². The van der Waals surface area contributed by atoms with Crippen LogP contribution < -0.4 is 10.6 Å². The molecule has 0 aliphatic heterocycles. The molecule has 0 aliphatic rings. The zero-order chi connectivity index (χ0) is 14.2. The average Bonchev–Trinajstić information content (AvgIpc) is 2.99. The Morgan fingerprint density at radius 3 is 2.77 bits per heavy atom. The van der Waals surface area contributed by atoms with E-state index in [1.165, 1.54) is 11.0 Å². The number of hydrogen-bond acceptors (Lipinski definition) is 6. The molecule has 2 N–H and O–H groups in total. The number of nitrogens with zero attached hydrogens (tertiary/aromatic N) is 4. The molecule has 0 unspecified atom stereocenters. The summed E-state index contributed by atoms with van der Waals surface area (Å²) in [6, 6.07) is 3.51. The highest BCUT2D eigenvalue weighted by Crippen LogP contribution is 2.08. The summed E-state index contributed by atoms with van der Waals surface area (Å²) in [5, 5.41) is 9.67. The molecule has 0 atom stereocenters. The van der Waals surface area contributed by atoms with Crippen molar-refractivity contribution in [1.29, 1.82) is 0 Å². The highest BCUT2D eigenvalue weighted by atomic mass is 35.5. The molecule has 0 spiro atoms. The summed E-state index contributed by atoms with van der Waals surface area (Å²) in [7, 11) is 1.62. The number of rotatable bonds is 7. The molecule has 122 valence electrons. The van der Waals surface area contributed by atoms with Gasteiger partial charge < -0.3 is 15.4 Å². The minimum Gasteiger partial charge on any atom is -0.383 e.